The average Bonchev–Trinajstić information content (AvgIpc) is 2.47. The molecule has 0 bridgehead atoms. The third-order valence-electron chi connectivity index (χ3n) is 4.13. The summed E-state index contributed by atoms with van der Waals surface area (Å²) in [7, 11) is 0.594. The summed E-state index contributed by atoms with van der Waals surface area (Å²) >= 11 is 0. The average molecular weight is 312 g/mol. The van der Waals surface area contributed by atoms with Gasteiger partial charge >= 0.3 is 0 Å². The van der Waals surface area contributed by atoms with Gasteiger partial charge in [-0.25, -0.2) is 8.42 Å². The van der Waals surface area contributed by atoms with E-state index in [0.29, 0.717) is 24.7 Å². The Morgan fingerprint density at radius 3 is 2.43 bits per heavy atom. The second-order valence-corrected chi connectivity index (χ2v) is 7.79. The highest BCUT2D eigenvalue weighted by molar-refractivity contribution is 7.89. The molecule has 1 saturated heterocycles. The van der Waals surface area contributed by atoms with Crippen LogP contribution in [0.25, 0.3) is 0 Å². The summed E-state index contributed by atoms with van der Waals surface area (Å²) in [5.74, 6) is 0. The fourth-order valence-corrected chi connectivity index (χ4v) is 4.21. The van der Waals surface area contributed by atoms with Gasteiger partial charge in [0.1, 0.15) is 0 Å². The fourth-order valence-electron chi connectivity index (χ4n) is 2.68. The highest BCUT2D eigenvalue weighted by Gasteiger charge is 2.30. The van der Waals surface area contributed by atoms with Gasteiger partial charge in [-0.05, 0) is 51.6 Å². The first kappa shape index (κ1) is 16.4. The van der Waals surface area contributed by atoms with Crippen molar-refractivity contribution < 1.29 is 13.5 Å². The van der Waals surface area contributed by atoms with E-state index in [1.165, 1.54) is 0 Å². The Morgan fingerprint density at radius 2 is 1.90 bits per heavy atom. The Labute approximate surface area is 127 Å². The van der Waals surface area contributed by atoms with Crippen LogP contribution in [0.1, 0.15) is 31.4 Å². The lowest BCUT2D eigenvalue weighted by atomic mass is 10.1. The maximum atomic E-state index is 12.7. The summed E-state index contributed by atoms with van der Waals surface area (Å²) < 4.78 is 26.9. The normalized spacial score (nSPS) is 19.9. The maximum absolute atomic E-state index is 12.7. The molecular weight excluding hydrogens is 288 g/mol. The molecule has 0 aromatic heterocycles. The van der Waals surface area contributed by atoms with Crippen molar-refractivity contribution in [1.29, 1.82) is 0 Å². The number of nitrogens with zero attached hydrogens (tertiary/aromatic N) is 2. The van der Waals surface area contributed by atoms with Gasteiger partial charge in [0.05, 0.1) is 11.0 Å². The van der Waals surface area contributed by atoms with Crippen LogP contribution < -0.4 is 0 Å². The van der Waals surface area contributed by atoms with Gasteiger partial charge in [0.25, 0.3) is 0 Å². The Balaban J connectivity index is 2.18. The molecule has 0 aliphatic carbocycles. The van der Waals surface area contributed by atoms with Crippen molar-refractivity contribution in [2.24, 2.45) is 0 Å². The third kappa shape index (κ3) is 3.63. The van der Waals surface area contributed by atoms with Gasteiger partial charge in [0.15, 0.2) is 0 Å². The molecule has 5 nitrogen and oxygen atoms in total. The fraction of sp³-hybridized carbons (Fsp3) is 0.600. The van der Waals surface area contributed by atoms with Crippen LogP contribution in [0.15, 0.2) is 29.2 Å². The molecule has 1 aliphatic rings. The summed E-state index contributed by atoms with van der Waals surface area (Å²) in [4.78, 5) is 2.42. The third-order valence-corrected chi connectivity index (χ3v) is 6.03. The molecule has 1 aromatic carbocycles. The van der Waals surface area contributed by atoms with Crippen LogP contribution >= 0.6 is 0 Å². The molecule has 1 atom stereocenters. The summed E-state index contributed by atoms with van der Waals surface area (Å²) in [6.45, 7) is 2.72. The molecule has 2 rings (SSSR count). The van der Waals surface area contributed by atoms with E-state index in [1.54, 1.807) is 35.5 Å². The zero-order valence-electron chi connectivity index (χ0n) is 12.9. The van der Waals surface area contributed by atoms with Crippen molar-refractivity contribution in [2.45, 2.75) is 36.8 Å². The standard InChI is InChI=1S/C15H24N2O3S/c1-12(18)13-5-4-6-15(11-13)21(19,20)17-9-7-14(8-10-17)16(2)3/h4-6,11-12,14,18H,7-10H2,1-3H3. The Hall–Kier alpha value is -0.950. The molecular formula is C15H24N2O3S. The predicted octanol–water partition coefficient (Wildman–Crippen LogP) is 1.45. The predicted molar refractivity (Wildman–Crippen MR) is 82.5 cm³/mol. The van der Waals surface area contributed by atoms with E-state index in [4.69, 9.17) is 0 Å². The van der Waals surface area contributed by atoms with Crippen LogP contribution in [-0.2, 0) is 10.0 Å². The van der Waals surface area contributed by atoms with Crippen molar-refractivity contribution in [3.05, 3.63) is 29.8 Å². The summed E-state index contributed by atoms with van der Waals surface area (Å²) in [5, 5.41) is 9.61. The lowest BCUT2D eigenvalue weighted by Crippen LogP contribution is -2.44. The number of aliphatic hydroxyl groups excluding tert-OH is 1. The largest absolute Gasteiger partial charge is 0.389 e. The Bertz CT molecular complexity index is 576. The van der Waals surface area contributed by atoms with E-state index in [1.807, 2.05) is 14.1 Å². The van der Waals surface area contributed by atoms with E-state index in [-0.39, 0.29) is 4.90 Å². The van der Waals surface area contributed by atoms with Gasteiger partial charge in [-0.3, -0.25) is 0 Å². The highest BCUT2D eigenvalue weighted by atomic mass is 32.2. The number of sulfonamides is 1. The molecule has 1 fully saturated rings. The second kappa shape index (κ2) is 6.44. The zero-order valence-corrected chi connectivity index (χ0v) is 13.7. The number of aliphatic hydroxyl groups is 1. The SMILES string of the molecule is CC(O)c1cccc(S(=O)(=O)N2CCC(N(C)C)CC2)c1. The van der Waals surface area contributed by atoms with Gasteiger partial charge in [-0.2, -0.15) is 4.31 Å². The van der Waals surface area contributed by atoms with Gasteiger partial charge in [-0.15, -0.1) is 0 Å². The van der Waals surface area contributed by atoms with Crippen LogP contribution in [0.5, 0.6) is 0 Å². The first-order valence-electron chi connectivity index (χ1n) is 7.27. The molecule has 1 N–H and O–H groups in total. The number of hydrogen-bond acceptors (Lipinski definition) is 4. The quantitative estimate of drug-likeness (QED) is 0.914. The van der Waals surface area contributed by atoms with Crippen molar-refractivity contribution in [1.82, 2.24) is 9.21 Å². The molecule has 1 unspecified atom stereocenters. The topological polar surface area (TPSA) is 60.9 Å². The van der Waals surface area contributed by atoms with E-state index >= 15 is 0 Å². The van der Waals surface area contributed by atoms with Gasteiger partial charge < -0.3 is 10.0 Å². The number of rotatable bonds is 4. The second-order valence-electron chi connectivity index (χ2n) is 5.85. The van der Waals surface area contributed by atoms with Crippen LogP contribution in [0.3, 0.4) is 0 Å². The van der Waals surface area contributed by atoms with Crippen molar-refractivity contribution in [2.75, 3.05) is 27.2 Å². The molecule has 1 aliphatic heterocycles. The minimum absolute atomic E-state index is 0.268. The molecule has 0 radical (unpaired) electrons. The maximum Gasteiger partial charge on any atom is 0.243 e. The molecule has 1 aromatic rings. The van der Waals surface area contributed by atoms with Crippen molar-refractivity contribution in [3.63, 3.8) is 0 Å². The van der Waals surface area contributed by atoms with Gasteiger partial charge in [0, 0.05) is 19.1 Å². The van der Waals surface area contributed by atoms with E-state index < -0.39 is 16.1 Å². The van der Waals surface area contributed by atoms with Crippen LogP contribution in [0, 0.1) is 0 Å². The lowest BCUT2D eigenvalue weighted by molar-refractivity contribution is 0.196. The summed E-state index contributed by atoms with van der Waals surface area (Å²) in [5.41, 5.74) is 0.624. The monoisotopic (exact) mass is 312 g/mol. The van der Waals surface area contributed by atoms with Crippen LogP contribution in [0.2, 0.25) is 0 Å². The molecule has 0 spiro atoms. The lowest BCUT2D eigenvalue weighted by Gasteiger charge is -2.34. The zero-order chi connectivity index (χ0) is 15.6. The first-order chi connectivity index (χ1) is 9.82. The van der Waals surface area contributed by atoms with Crippen LogP contribution in [0.4, 0.5) is 0 Å². The summed E-state index contributed by atoms with van der Waals surface area (Å²) in [6.07, 6.45) is 1.03. The minimum Gasteiger partial charge on any atom is -0.389 e. The molecule has 0 saturated carbocycles. The smallest absolute Gasteiger partial charge is 0.243 e. The van der Waals surface area contributed by atoms with E-state index in [2.05, 4.69) is 4.90 Å². The van der Waals surface area contributed by atoms with Crippen molar-refractivity contribution >= 4 is 10.0 Å². The van der Waals surface area contributed by atoms with E-state index in [0.717, 1.165) is 12.8 Å². The molecule has 118 valence electrons. The minimum atomic E-state index is -3.46. The molecule has 21 heavy (non-hydrogen) atoms. The molecule has 1 heterocycles. The molecule has 0 amide bonds. The van der Waals surface area contributed by atoms with Gasteiger partial charge in [0.2, 0.25) is 10.0 Å². The Morgan fingerprint density at radius 1 is 1.29 bits per heavy atom. The summed E-state index contributed by atoms with van der Waals surface area (Å²) in [6, 6.07) is 7.03. The highest BCUT2D eigenvalue weighted by Crippen LogP contribution is 2.24. The molecule has 6 heteroatoms. The van der Waals surface area contributed by atoms with Crippen molar-refractivity contribution in [3.8, 4) is 0 Å². The number of piperidine rings is 1. The van der Waals surface area contributed by atoms with Gasteiger partial charge in [-0.1, -0.05) is 12.1 Å². The first-order valence-corrected chi connectivity index (χ1v) is 8.71. The number of benzene rings is 1. The number of hydrogen-bond donors (Lipinski definition) is 1. The van der Waals surface area contributed by atoms with E-state index in [9.17, 15) is 13.5 Å². The van der Waals surface area contributed by atoms with Crippen LogP contribution in [-0.4, -0.2) is 56.0 Å². The Kier molecular flexibility index (Phi) is 5.03.